The van der Waals surface area contributed by atoms with E-state index < -0.39 is 0 Å². The summed E-state index contributed by atoms with van der Waals surface area (Å²) < 4.78 is 1.02. The molecule has 0 aromatic rings. The van der Waals surface area contributed by atoms with Gasteiger partial charge >= 0.3 is 0 Å². The van der Waals surface area contributed by atoms with Gasteiger partial charge in [-0.1, -0.05) is 20.8 Å². The summed E-state index contributed by atoms with van der Waals surface area (Å²) in [7, 11) is 4.51. The number of hydrogen-bond acceptors (Lipinski definition) is 2. The maximum Gasteiger partial charge on any atom is 0.158 e. The number of carbonyl (C=O) groups excluding carboxylic acids is 1. The van der Waals surface area contributed by atoms with Crippen molar-refractivity contribution in [2.45, 2.75) is 65.5 Å². The Balaban J connectivity index is 3.03. The molecule has 1 saturated heterocycles. The summed E-state index contributed by atoms with van der Waals surface area (Å²) in [6.07, 6.45) is 1.88. The molecule has 0 amide bonds. The van der Waals surface area contributed by atoms with Gasteiger partial charge in [-0.25, -0.2) is 0 Å². The van der Waals surface area contributed by atoms with Crippen molar-refractivity contribution >= 4 is 5.78 Å². The molecule has 3 heteroatoms. The summed E-state index contributed by atoms with van der Waals surface area (Å²) >= 11 is 0. The molecule has 0 aliphatic carbocycles. The zero-order valence-corrected chi connectivity index (χ0v) is 14.2. The number of rotatable bonds is 2. The van der Waals surface area contributed by atoms with Crippen LogP contribution in [0.4, 0.5) is 0 Å². The highest BCUT2D eigenvalue weighted by Crippen LogP contribution is 2.34. The first-order chi connectivity index (χ1) is 8.28. The van der Waals surface area contributed by atoms with Crippen LogP contribution in [0.2, 0.25) is 0 Å². The molecular weight excluding hydrogens is 236 g/mol. The van der Waals surface area contributed by atoms with Gasteiger partial charge in [0.25, 0.3) is 0 Å². The molecule has 0 aromatic carbocycles. The molecule has 3 nitrogen and oxygen atoms in total. The fraction of sp³-hybridized carbons (Fsp3) is 0.938. The Hall–Kier alpha value is -0.410. The van der Waals surface area contributed by atoms with Gasteiger partial charge < -0.3 is 4.48 Å². The Morgan fingerprint density at radius 2 is 1.42 bits per heavy atom. The molecule has 0 saturated carbocycles. The van der Waals surface area contributed by atoms with E-state index in [1.807, 2.05) is 20.8 Å². The van der Waals surface area contributed by atoms with E-state index in [1.165, 1.54) is 0 Å². The Bertz CT molecular complexity index is 335. The number of likely N-dealkylation sites (tertiary alicyclic amines) is 1. The van der Waals surface area contributed by atoms with Crippen molar-refractivity contribution in [3.05, 3.63) is 0 Å². The molecule has 0 radical (unpaired) electrons. The molecule has 0 aromatic heterocycles. The Kier molecular flexibility index (Phi) is 4.25. The zero-order chi connectivity index (χ0) is 15.1. The maximum atomic E-state index is 13.0. The fourth-order valence-electron chi connectivity index (χ4n) is 3.07. The molecule has 0 unspecified atom stereocenters. The van der Waals surface area contributed by atoms with Crippen molar-refractivity contribution in [1.29, 1.82) is 0 Å². The molecule has 1 N–H and O–H groups in total. The first-order valence-electron chi connectivity index (χ1n) is 7.44. The summed E-state index contributed by atoms with van der Waals surface area (Å²) in [5.74, 6) is 0.370. The molecular formula is C16H33N2O+. The van der Waals surface area contributed by atoms with E-state index in [4.69, 9.17) is 0 Å². The lowest BCUT2D eigenvalue weighted by Gasteiger charge is -2.48. The molecule has 0 atom stereocenters. The van der Waals surface area contributed by atoms with Gasteiger partial charge in [0.05, 0.1) is 32.7 Å². The van der Waals surface area contributed by atoms with Crippen LogP contribution in [-0.4, -0.2) is 48.5 Å². The third-order valence-electron chi connectivity index (χ3n) is 4.02. The predicted octanol–water partition coefficient (Wildman–Crippen LogP) is 2.60. The molecule has 1 fully saturated rings. The topological polar surface area (TPSA) is 29.1 Å². The monoisotopic (exact) mass is 269 g/mol. The summed E-state index contributed by atoms with van der Waals surface area (Å²) in [4.78, 5) is 13.0. The molecule has 1 rings (SSSR count). The van der Waals surface area contributed by atoms with Crippen molar-refractivity contribution in [2.75, 3.05) is 27.2 Å². The summed E-state index contributed by atoms with van der Waals surface area (Å²) in [5.41, 5.74) is -0.660. The number of nitrogens with zero attached hydrogens (tertiary/aromatic N) is 1. The van der Waals surface area contributed by atoms with Crippen LogP contribution in [-0.2, 0) is 4.79 Å². The maximum absolute atomic E-state index is 13.0. The Labute approximate surface area is 119 Å². The normalized spacial score (nSPS) is 23.2. The Morgan fingerprint density at radius 1 is 1.00 bits per heavy atom. The number of nitrogens with one attached hydrogen (secondary N) is 1. The van der Waals surface area contributed by atoms with E-state index in [1.54, 1.807) is 0 Å². The fourth-order valence-corrected chi connectivity index (χ4v) is 3.07. The van der Waals surface area contributed by atoms with E-state index in [0.29, 0.717) is 5.78 Å². The van der Waals surface area contributed by atoms with E-state index >= 15 is 0 Å². The van der Waals surface area contributed by atoms with E-state index in [2.05, 4.69) is 40.2 Å². The zero-order valence-electron chi connectivity index (χ0n) is 14.2. The van der Waals surface area contributed by atoms with E-state index in [-0.39, 0.29) is 16.5 Å². The number of ketones is 1. The summed E-state index contributed by atoms with van der Waals surface area (Å²) in [5, 5.41) is 3.66. The quantitative estimate of drug-likeness (QED) is 0.781. The molecule has 1 aliphatic rings. The van der Waals surface area contributed by atoms with E-state index in [9.17, 15) is 4.79 Å². The van der Waals surface area contributed by atoms with Crippen molar-refractivity contribution in [3.8, 4) is 0 Å². The van der Waals surface area contributed by atoms with Crippen molar-refractivity contribution in [3.63, 3.8) is 0 Å². The highest BCUT2D eigenvalue weighted by molar-refractivity contribution is 5.93. The second kappa shape index (κ2) is 4.85. The third kappa shape index (κ3) is 4.28. The number of Topliss-reactive ketones (excluding diaryl/α,β-unsaturated/α-hetero) is 1. The van der Waals surface area contributed by atoms with Crippen LogP contribution in [0.1, 0.15) is 54.4 Å². The molecule has 0 bridgehead atoms. The lowest BCUT2D eigenvalue weighted by molar-refractivity contribution is -0.896. The van der Waals surface area contributed by atoms with Gasteiger partial charge in [-0.15, -0.1) is 0 Å². The lowest BCUT2D eigenvalue weighted by atomic mass is 9.71. The van der Waals surface area contributed by atoms with Gasteiger partial charge in [-0.2, -0.15) is 0 Å². The average Bonchev–Trinajstić information content (AvgIpc) is 2.17. The molecule has 1 heterocycles. The van der Waals surface area contributed by atoms with Crippen LogP contribution in [0.15, 0.2) is 0 Å². The van der Waals surface area contributed by atoms with Crippen molar-refractivity contribution in [2.24, 2.45) is 5.41 Å². The second-order valence-electron chi connectivity index (χ2n) is 8.92. The minimum Gasteiger partial charge on any atom is -0.328 e. The summed E-state index contributed by atoms with van der Waals surface area (Å²) in [6, 6.07) is 0. The SMILES string of the molecule is CC(C)(C)NC1(C(=O)C(C)(C)C)CC[N+](C)(C)CC1. The minimum absolute atomic E-state index is 0.0323. The van der Waals surface area contributed by atoms with Crippen LogP contribution in [0.5, 0.6) is 0 Å². The van der Waals surface area contributed by atoms with Crippen molar-refractivity contribution in [1.82, 2.24) is 5.32 Å². The number of piperidine rings is 1. The minimum atomic E-state index is -0.343. The van der Waals surface area contributed by atoms with Crippen LogP contribution in [0.3, 0.4) is 0 Å². The van der Waals surface area contributed by atoms with Crippen LogP contribution >= 0.6 is 0 Å². The standard InChI is InChI=1S/C16H33N2O/c1-14(2,3)13(19)16(17-15(4,5)6)9-11-18(7,8)12-10-16/h17H,9-12H2,1-8H3/q+1. The molecule has 0 spiro atoms. The first kappa shape index (κ1) is 16.6. The highest BCUT2D eigenvalue weighted by Gasteiger charge is 2.49. The summed E-state index contributed by atoms with van der Waals surface area (Å²) in [6.45, 7) is 14.7. The van der Waals surface area contributed by atoms with Gasteiger partial charge in [-0.05, 0) is 20.8 Å². The van der Waals surface area contributed by atoms with Crippen molar-refractivity contribution < 1.29 is 9.28 Å². The highest BCUT2D eigenvalue weighted by atomic mass is 16.1. The third-order valence-corrected chi connectivity index (χ3v) is 4.02. The molecule has 112 valence electrons. The van der Waals surface area contributed by atoms with Gasteiger partial charge in [0, 0.05) is 23.8 Å². The van der Waals surface area contributed by atoms with Gasteiger partial charge in [-0.3, -0.25) is 10.1 Å². The average molecular weight is 269 g/mol. The number of carbonyl (C=O) groups is 1. The predicted molar refractivity (Wildman–Crippen MR) is 81.2 cm³/mol. The van der Waals surface area contributed by atoms with Gasteiger partial charge in [0.15, 0.2) is 5.78 Å². The largest absolute Gasteiger partial charge is 0.328 e. The molecule has 19 heavy (non-hydrogen) atoms. The number of quaternary nitrogens is 1. The smallest absolute Gasteiger partial charge is 0.158 e. The van der Waals surface area contributed by atoms with Gasteiger partial charge in [0.1, 0.15) is 0 Å². The molecule has 1 aliphatic heterocycles. The van der Waals surface area contributed by atoms with Crippen LogP contribution in [0.25, 0.3) is 0 Å². The van der Waals surface area contributed by atoms with Crippen LogP contribution < -0.4 is 5.32 Å². The second-order valence-corrected chi connectivity index (χ2v) is 8.92. The van der Waals surface area contributed by atoms with Gasteiger partial charge in [0.2, 0.25) is 0 Å². The Morgan fingerprint density at radius 3 is 1.74 bits per heavy atom. The first-order valence-corrected chi connectivity index (χ1v) is 7.44. The lowest BCUT2D eigenvalue weighted by Crippen LogP contribution is -2.67. The van der Waals surface area contributed by atoms with E-state index in [0.717, 1.165) is 30.4 Å². The van der Waals surface area contributed by atoms with Crippen LogP contribution in [0, 0.1) is 5.41 Å². The number of hydrogen-bond donors (Lipinski definition) is 1.